The first kappa shape index (κ1) is 25.8. The summed E-state index contributed by atoms with van der Waals surface area (Å²) in [6.45, 7) is 4.69. The predicted molar refractivity (Wildman–Crippen MR) is 105 cm³/mol. The maximum Gasteiger partial charge on any atom is 0.328 e. The molecule has 0 saturated heterocycles. The number of carbonyl (C=O) groups is 5. The largest absolute Gasteiger partial charge is 0.467 e. The van der Waals surface area contributed by atoms with E-state index in [0.717, 1.165) is 0 Å². The van der Waals surface area contributed by atoms with Crippen LogP contribution in [0.1, 0.15) is 40.0 Å². The normalized spacial score (nSPS) is 13.5. The van der Waals surface area contributed by atoms with Crippen molar-refractivity contribution in [2.45, 2.75) is 58.2 Å². The lowest BCUT2D eigenvalue weighted by Crippen LogP contribution is -2.54. The number of hydrogen-bond donors (Lipinski definition) is 4. The van der Waals surface area contributed by atoms with Crippen LogP contribution in [-0.4, -0.2) is 66.7 Å². The number of carbonyl (C=O) groups excluding carboxylic acids is 5. The Labute approximate surface area is 173 Å². The Morgan fingerprint density at radius 3 is 2.11 bits per heavy atom. The number of amides is 4. The highest BCUT2D eigenvalue weighted by Gasteiger charge is 2.26. The Kier molecular flexibility index (Phi) is 12.8. The second-order valence-corrected chi connectivity index (χ2v) is 6.78. The van der Waals surface area contributed by atoms with Crippen molar-refractivity contribution < 1.29 is 28.7 Å². The molecule has 3 atom stereocenters. The predicted octanol–water partition coefficient (Wildman–Crippen LogP) is -0.645. The van der Waals surface area contributed by atoms with Gasteiger partial charge >= 0.3 is 5.97 Å². The number of hydrogen-bond acceptors (Lipinski definition) is 6. The molecule has 0 aliphatic rings. The van der Waals surface area contributed by atoms with Gasteiger partial charge in [0, 0.05) is 13.5 Å². The number of ether oxygens (including phenoxy) is 1. The van der Waals surface area contributed by atoms with Crippen LogP contribution in [0.15, 0.2) is 0 Å². The SMILES string of the molecule is COC(=O)[C@H](C)NC(=O)[C@H](CCCCNC(=O)CBr)NC(=O)[C@H](C)NC(C)=O. The van der Waals surface area contributed by atoms with Crippen molar-refractivity contribution in [3.8, 4) is 0 Å². The van der Waals surface area contributed by atoms with Gasteiger partial charge in [-0.2, -0.15) is 0 Å². The van der Waals surface area contributed by atoms with Gasteiger partial charge in [-0.1, -0.05) is 15.9 Å². The molecule has 0 unspecified atom stereocenters. The summed E-state index contributed by atoms with van der Waals surface area (Å²) in [5.41, 5.74) is 0. The Balaban J connectivity index is 4.83. The third kappa shape index (κ3) is 10.9. The van der Waals surface area contributed by atoms with Crippen LogP contribution in [-0.2, 0) is 28.7 Å². The van der Waals surface area contributed by atoms with Crippen LogP contribution in [0.2, 0.25) is 0 Å². The van der Waals surface area contributed by atoms with Gasteiger partial charge < -0.3 is 26.0 Å². The molecule has 10 nitrogen and oxygen atoms in total. The van der Waals surface area contributed by atoms with Crippen LogP contribution < -0.4 is 21.3 Å². The first-order chi connectivity index (χ1) is 13.1. The minimum atomic E-state index is -0.900. The molecule has 4 N–H and O–H groups in total. The summed E-state index contributed by atoms with van der Waals surface area (Å²) in [6, 6.07) is -2.59. The minimum Gasteiger partial charge on any atom is -0.467 e. The van der Waals surface area contributed by atoms with Crippen LogP contribution in [0, 0.1) is 0 Å². The fourth-order valence-corrected chi connectivity index (χ4v) is 2.43. The van der Waals surface area contributed by atoms with Crippen molar-refractivity contribution in [3.05, 3.63) is 0 Å². The molecular formula is C17H29BrN4O6. The van der Waals surface area contributed by atoms with Gasteiger partial charge in [0.15, 0.2) is 0 Å². The molecule has 0 spiro atoms. The van der Waals surface area contributed by atoms with Gasteiger partial charge in [-0.15, -0.1) is 0 Å². The Bertz CT molecular complexity index is 572. The number of alkyl halides is 1. The highest BCUT2D eigenvalue weighted by atomic mass is 79.9. The standard InChI is InChI=1S/C17H29BrN4O6/c1-10(20-12(3)23)15(25)22-13(7-5-6-8-19-14(24)9-18)16(26)21-11(2)17(27)28-4/h10-11,13H,5-9H2,1-4H3,(H,19,24)(H,20,23)(H,21,26)(H,22,25)/t10-,11-,13-/m0/s1. The first-order valence-corrected chi connectivity index (χ1v) is 10.0. The third-order valence-corrected chi connectivity index (χ3v) is 4.23. The lowest BCUT2D eigenvalue weighted by Gasteiger charge is -2.22. The van der Waals surface area contributed by atoms with Crippen LogP contribution in [0.4, 0.5) is 0 Å². The van der Waals surface area contributed by atoms with E-state index >= 15 is 0 Å². The van der Waals surface area contributed by atoms with E-state index in [4.69, 9.17) is 0 Å². The zero-order valence-electron chi connectivity index (χ0n) is 16.6. The quantitative estimate of drug-likeness (QED) is 0.172. The number of esters is 1. The molecule has 0 heterocycles. The minimum absolute atomic E-state index is 0.140. The summed E-state index contributed by atoms with van der Waals surface area (Å²) in [5, 5.41) is 10.4. The van der Waals surface area contributed by atoms with E-state index in [-0.39, 0.29) is 17.1 Å². The number of methoxy groups -OCH3 is 1. The third-order valence-electron chi connectivity index (χ3n) is 3.72. The average Bonchev–Trinajstić information content (AvgIpc) is 2.64. The molecule has 160 valence electrons. The Hall–Kier alpha value is -2.17. The smallest absolute Gasteiger partial charge is 0.328 e. The highest BCUT2D eigenvalue weighted by molar-refractivity contribution is 9.09. The van der Waals surface area contributed by atoms with Crippen molar-refractivity contribution >= 4 is 45.5 Å². The van der Waals surface area contributed by atoms with Crippen LogP contribution in [0.3, 0.4) is 0 Å². The van der Waals surface area contributed by atoms with Crippen LogP contribution in [0.5, 0.6) is 0 Å². The molecular weight excluding hydrogens is 436 g/mol. The highest BCUT2D eigenvalue weighted by Crippen LogP contribution is 2.03. The van der Waals surface area contributed by atoms with Gasteiger partial charge in [0.05, 0.1) is 12.4 Å². The fourth-order valence-electron chi connectivity index (χ4n) is 2.23. The van der Waals surface area contributed by atoms with E-state index in [1.54, 1.807) is 0 Å². The summed E-state index contributed by atoms with van der Waals surface area (Å²) in [4.78, 5) is 58.5. The number of halogens is 1. The van der Waals surface area contributed by atoms with Gasteiger partial charge in [-0.05, 0) is 33.1 Å². The Morgan fingerprint density at radius 1 is 0.929 bits per heavy atom. The lowest BCUT2D eigenvalue weighted by molar-refractivity contribution is -0.144. The van der Waals surface area contributed by atoms with Gasteiger partial charge in [-0.25, -0.2) is 4.79 Å². The molecule has 0 aliphatic carbocycles. The molecule has 0 bridgehead atoms. The van der Waals surface area contributed by atoms with Crippen molar-refractivity contribution in [1.29, 1.82) is 0 Å². The van der Waals surface area contributed by atoms with E-state index in [2.05, 4.69) is 41.9 Å². The molecule has 0 aromatic heterocycles. The van der Waals surface area contributed by atoms with Crippen LogP contribution >= 0.6 is 15.9 Å². The summed E-state index contributed by atoms with van der Waals surface area (Å²) >= 11 is 3.04. The monoisotopic (exact) mass is 464 g/mol. The topological polar surface area (TPSA) is 143 Å². The lowest BCUT2D eigenvalue weighted by atomic mass is 10.1. The number of nitrogens with one attached hydrogen (secondary N) is 4. The van der Waals surface area contributed by atoms with Gasteiger partial charge in [0.2, 0.25) is 23.6 Å². The zero-order chi connectivity index (χ0) is 21.7. The van der Waals surface area contributed by atoms with E-state index in [1.807, 2.05) is 0 Å². The molecule has 4 amide bonds. The molecule has 28 heavy (non-hydrogen) atoms. The maximum absolute atomic E-state index is 12.5. The van der Waals surface area contributed by atoms with E-state index < -0.39 is 35.9 Å². The van der Waals surface area contributed by atoms with Gasteiger partial charge in [0.1, 0.15) is 18.1 Å². The van der Waals surface area contributed by atoms with E-state index in [1.165, 1.54) is 27.9 Å². The molecule has 0 aromatic rings. The molecule has 0 fully saturated rings. The fraction of sp³-hybridized carbons (Fsp3) is 0.706. The van der Waals surface area contributed by atoms with E-state index in [9.17, 15) is 24.0 Å². The maximum atomic E-state index is 12.5. The summed E-state index contributed by atoms with van der Waals surface area (Å²) in [5.74, 6) is -2.17. The molecule has 0 radical (unpaired) electrons. The van der Waals surface area contributed by atoms with Crippen molar-refractivity contribution in [2.24, 2.45) is 0 Å². The van der Waals surface area contributed by atoms with Gasteiger partial charge in [-0.3, -0.25) is 19.2 Å². The van der Waals surface area contributed by atoms with Crippen LogP contribution in [0.25, 0.3) is 0 Å². The average molecular weight is 465 g/mol. The molecule has 0 aliphatic heterocycles. The molecule has 0 aromatic carbocycles. The summed E-state index contributed by atoms with van der Waals surface area (Å²) in [7, 11) is 1.21. The van der Waals surface area contributed by atoms with Crippen molar-refractivity contribution in [2.75, 3.05) is 19.0 Å². The Morgan fingerprint density at radius 2 is 1.57 bits per heavy atom. The van der Waals surface area contributed by atoms with Crippen molar-refractivity contribution in [3.63, 3.8) is 0 Å². The van der Waals surface area contributed by atoms with Gasteiger partial charge in [0.25, 0.3) is 0 Å². The summed E-state index contributed by atoms with van der Waals surface area (Å²) in [6.07, 6.45) is 1.44. The molecule has 11 heteroatoms. The van der Waals surface area contributed by atoms with Crippen molar-refractivity contribution in [1.82, 2.24) is 21.3 Å². The number of unbranched alkanes of at least 4 members (excludes halogenated alkanes) is 1. The first-order valence-electron chi connectivity index (χ1n) is 8.90. The summed E-state index contributed by atoms with van der Waals surface area (Å²) < 4.78 is 4.57. The molecule has 0 rings (SSSR count). The zero-order valence-corrected chi connectivity index (χ0v) is 18.2. The van der Waals surface area contributed by atoms with E-state index in [0.29, 0.717) is 25.8 Å². The number of rotatable bonds is 12. The molecule has 0 saturated carbocycles. The second kappa shape index (κ2) is 13.9. The second-order valence-electron chi connectivity index (χ2n) is 6.22.